The van der Waals surface area contributed by atoms with Gasteiger partial charge in [-0.2, -0.15) is 95.1 Å². The van der Waals surface area contributed by atoms with Crippen LogP contribution in [0.1, 0.15) is 83.5 Å². The molecule has 0 saturated heterocycles. The van der Waals surface area contributed by atoms with E-state index in [4.69, 9.17) is 30.6 Å². The van der Waals surface area contributed by atoms with E-state index < -0.39 is 37.4 Å². The predicted molar refractivity (Wildman–Crippen MR) is 194 cm³/mol. The molecule has 22 heteroatoms. The average Bonchev–Trinajstić information content (AvgIpc) is 3.36. The second-order valence-corrected chi connectivity index (χ2v) is 12.1. The van der Waals surface area contributed by atoms with E-state index in [1.807, 2.05) is 0 Å². The summed E-state index contributed by atoms with van der Waals surface area (Å²) < 4.78 is 96.1. The van der Waals surface area contributed by atoms with Gasteiger partial charge in [0.1, 0.15) is 0 Å². The minimum atomic E-state index is -4.89. The Morgan fingerprint density at radius 3 is 0.448 bits per heavy atom. The largest absolute Gasteiger partial charge is 0.731 e. The van der Waals surface area contributed by atoms with Crippen molar-refractivity contribution in [2.24, 2.45) is 0 Å². The molecule has 3 aromatic rings. The maximum Gasteiger partial charge on any atom is 0.439 e. The topological polar surface area (TPSA) is 247 Å². The van der Waals surface area contributed by atoms with Crippen molar-refractivity contribution < 1.29 is 155 Å². The maximum absolute atomic E-state index is 10.7. The van der Waals surface area contributed by atoms with Crippen LogP contribution in [0.5, 0.6) is 0 Å². The Labute approximate surface area is 378 Å². The average molecular weight is 1110 g/mol. The molecule has 0 unspecified atom stereocenters. The summed E-state index contributed by atoms with van der Waals surface area (Å²) in [6.07, 6.45) is -24.3. The van der Waals surface area contributed by atoms with Gasteiger partial charge in [0.15, 0.2) is 0 Å². The summed E-state index contributed by atoms with van der Waals surface area (Å²) in [6.45, 7) is 33.0. The summed E-state index contributed by atoms with van der Waals surface area (Å²) in [6, 6.07) is 0. The number of aliphatic hydroxyl groups is 6. The molecule has 58 heavy (non-hydrogen) atoms. The smallest absolute Gasteiger partial charge is 0.439 e. The van der Waals surface area contributed by atoms with Crippen molar-refractivity contribution in [3.63, 3.8) is 0 Å². The zero-order valence-electron chi connectivity index (χ0n) is 35.0. The minimum Gasteiger partial charge on any atom is -0.731 e. The van der Waals surface area contributed by atoms with E-state index >= 15 is 0 Å². The van der Waals surface area contributed by atoms with E-state index in [1.165, 1.54) is 83.5 Å². The second kappa shape index (κ2) is 33.7. The molecular weight excluding hydrogens is 1050 g/mol. The summed E-state index contributed by atoms with van der Waals surface area (Å²) in [4.78, 5) is 0. The third-order valence-electron chi connectivity index (χ3n) is 9.32. The monoisotopic (exact) mass is 1120 g/mol. The fourth-order valence-electron chi connectivity index (χ4n) is 4.22. The predicted octanol–water partition coefficient (Wildman–Crippen LogP) is 5.11. The number of rotatable bonds is 0. The Bertz CT molecular complexity index is 1090. The first-order valence-electron chi connectivity index (χ1n) is 15.4. The molecule has 3 rings (SSSR count). The quantitative estimate of drug-likeness (QED) is 0.0772. The van der Waals surface area contributed by atoms with Crippen LogP contribution in [0.3, 0.4) is 0 Å². The molecule has 10 nitrogen and oxygen atoms in total. The van der Waals surface area contributed by atoms with Crippen molar-refractivity contribution >= 4 is 0 Å². The third kappa shape index (κ3) is 27.1. The van der Waals surface area contributed by atoms with Crippen LogP contribution in [0, 0.1) is 104 Å². The molecule has 0 heterocycles. The van der Waals surface area contributed by atoms with Gasteiger partial charge in [-0.25, -0.2) is 34.6 Å². The Hall–Kier alpha value is -0.915. The van der Waals surface area contributed by atoms with Gasteiger partial charge < -0.3 is 80.4 Å². The molecule has 0 aliphatic carbocycles. The Kier molecular flexibility index (Phi) is 47.0. The molecule has 0 bridgehead atoms. The molecule has 0 fully saturated rings. The van der Waals surface area contributed by atoms with Crippen LogP contribution in [0.15, 0.2) is 0 Å². The first-order valence-corrected chi connectivity index (χ1v) is 15.4. The van der Waals surface area contributed by atoms with Gasteiger partial charge >= 0.3 is 18.5 Å². The summed E-state index contributed by atoms with van der Waals surface area (Å²) >= 11 is 0. The number of hydrogen-bond acceptors (Lipinski definition) is 6. The van der Waals surface area contributed by atoms with Crippen LogP contribution < -0.4 is 0 Å². The Morgan fingerprint density at radius 2 is 0.414 bits per heavy atom. The van der Waals surface area contributed by atoms with Crippen LogP contribution in [0.4, 0.5) is 39.5 Å². The molecule has 0 amide bonds. The molecule has 354 valence electrons. The molecule has 0 saturated carbocycles. The molecule has 0 spiro atoms. The Balaban J connectivity index is -0.0000000587. The van der Waals surface area contributed by atoms with E-state index in [2.05, 4.69) is 104 Å². The molecule has 0 radical (unpaired) electrons. The molecule has 3 aromatic carbocycles. The van der Waals surface area contributed by atoms with E-state index in [0.29, 0.717) is 0 Å². The van der Waals surface area contributed by atoms with Crippen LogP contribution >= 0.6 is 0 Å². The number of aliphatic hydroxyl groups excluding tert-OH is 3. The van der Waals surface area contributed by atoms with Gasteiger partial charge in [-0.15, -0.1) is 0 Å². The molecule has 0 atom stereocenters. The van der Waals surface area contributed by atoms with Gasteiger partial charge in [0.05, 0.1) is 0 Å². The zero-order valence-corrected chi connectivity index (χ0v) is 41.1. The van der Waals surface area contributed by atoms with Crippen molar-refractivity contribution in [2.45, 2.75) is 141 Å². The Morgan fingerprint density at radius 1 is 0.328 bits per heavy atom. The van der Waals surface area contributed by atoms with Crippen molar-refractivity contribution in [1.29, 1.82) is 0 Å². The standard InChI is InChI=1S/3C10H15.3C2H3F3O2.3Mo.4H2O/c3*1-6-7(2)9(4)10(5)8(6)3;3*3-2(4,5)1(6)7;;;;;;;/h3*1-5H3;3*1,6-7H;;;;4*1H2/q-5;2*-1;;;;;;;;;;. The van der Waals surface area contributed by atoms with Crippen molar-refractivity contribution in [2.75, 3.05) is 0 Å². The van der Waals surface area contributed by atoms with Gasteiger partial charge in [0.2, 0.25) is 0 Å². The second-order valence-electron chi connectivity index (χ2n) is 12.1. The van der Waals surface area contributed by atoms with E-state index in [9.17, 15) is 39.5 Å². The normalized spacial score (nSPS) is 10.1. The fourth-order valence-corrected chi connectivity index (χ4v) is 4.22. The van der Waals surface area contributed by atoms with Crippen LogP contribution in [0.25, 0.3) is 0 Å². The van der Waals surface area contributed by atoms with Crippen molar-refractivity contribution in [1.82, 2.24) is 0 Å². The molecule has 0 aromatic heterocycles. The molecule has 0 aliphatic heterocycles. The fraction of sp³-hybridized carbons (Fsp3) is 0.583. The minimum absolute atomic E-state index is 0. The maximum atomic E-state index is 10.7. The zero-order chi connectivity index (χ0) is 41.9. The van der Waals surface area contributed by atoms with Gasteiger partial charge in [0, 0.05) is 63.2 Å². The van der Waals surface area contributed by atoms with E-state index in [0.717, 1.165) is 0 Å². The van der Waals surface area contributed by atoms with Gasteiger partial charge in [-0.1, -0.05) is 69.2 Å². The number of alkyl halides is 9. The summed E-state index contributed by atoms with van der Waals surface area (Å²) in [5.41, 5.74) is 22.0. The van der Waals surface area contributed by atoms with Crippen LogP contribution in [-0.4, -0.2) is 89.9 Å². The van der Waals surface area contributed by atoms with Crippen LogP contribution in [0.2, 0.25) is 0 Å². The van der Waals surface area contributed by atoms with Crippen molar-refractivity contribution in [3.8, 4) is 0 Å². The van der Waals surface area contributed by atoms with Gasteiger partial charge in [-0.3, -0.25) is 0 Å². The summed E-state index contributed by atoms with van der Waals surface area (Å²) in [5.74, 6) is 0. The number of halogens is 9. The van der Waals surface area contributed by atoms with Gasteiger partial charge in [0.25, 0.3) is 18.9 Å². The SMILES string of the molecule is C[c-]1[c-](C)[c-](C)[c-](C)[c-]1C.Cc1c(C)c(C)[c-](C)c1C.Cc1c(C)c(C)[c-](C)c1C.O.O.O.O.OC(O)C(F)(F)F.OC(O)C(F)(F)F.OC(O)C(F)(F)F.[Mo].[Mo].[Mo]. The number of hydrogen-bond donors (Lipinski definition) is 6. The van der Waals surface area contributed by atoms with Crippen molar-refractivity contribution in [3.05, 3.63) is 83.5 Å². The van der Waals surface area contributed by atoms with E-state index in [1.54, 1.807) is 0 Å². The first kappa shape index (κ1) is 81.0. The third-order valence-corrected chi connectivity index (χ3v) is 9.32. The summed E-state index contributed by atoms with van der Waals surface area (Å²) in [7, 11) is 0. The van der Waals surface area contributed by atoms with Crippen LogP contribution in [-0.2, 0) is 63.2 Å². The first-order chi connectivity index (χ1) is 22.5. The molecular formula is C36H62F9Mo3O10-7. The van der Waals surface area contributed by atoms with E-state index in [-0.39, 0.29) is 85.1 Å². The summed E-state index contributed by atoms with van der Waals surface area (Å²) in [5, 5.41) is 43.9. The molecule has 0 aliphatic rings. The molecule has 14 N–H and O–H groups in total. The van der Waals surface area contributed by atoms with Gasteiger partial charge in [-0.05, 0) is 0 Å².